The summed E-state index contributed by atoms with van der Waals surface area (Å²) < 4.78 is 8.22. The van der Waals surface area contributed by atoms with Gasteiger partial charge in [0.2, 0.25) is 0 Å². The molecule has 2 aromatic rings. The van der Waals surface area contributed by atoms with Crippen molar-refractivity contribution in [3.8, 4) is 0 Å². The Morgan fingerprint density at radius 3 is 2.67 bits per heavy atom. The van der Waals surface area contributed by atoms with Crippen LogP contribution < -0.4 is 17.0 Å². The number of nitrogens with one attached hydrogen (secondary N) is 1. The second-order valence-electron chi connectivity index (χ2n) is 4.93. The summed E-state index contributed by atoms with van der Waals surface area (Å²) in [6.45, 7) is 5.23. The average Bonchev–Trinajstić information content (AvgIpc) is 2.82. The molecule has 1 atom stereocenters. The van der Waals surface area contributed by atoms with Crippen LogP contribution in [-0.2, 0) is 17.8 Å². The lowest BCUT2D eigenvalue weighted by Crippen LogP contribution is -2.31. The lowest BCUT2D eigenvalue weighted by molar-refractivity contribution is 0.190. The minimum absolute atomic E-state index is 0.320. The molecule has 3 N–H and O–H groups in total. The molecule has 8 heteroatoms. The van der Waals surface area contributed by atoms with Crippen LogP contribution in [0.25, 0.3) is 11.2 Å². The van der Waals surface area contributed by atoms with E-state index in [1.165, 1.54) is 4.57 Å². The summed E-state index contributed by atoms with van der Waals surface area (Å²) in [5, 5.41) is 0. The second-order valence-corrected chi connectivity index (χ2v) is 4.93. The van der Waals surface area contributed by atoms with Crippen molar-refractivity contribution in [2.24, 2.45) is 5.73 Å². The second kappa shape index (κ2) is 6.23. The van der Waals surface area contributed by atoms with Crippen molar-refractivity contribution in [3.63, 3.8) is 0 Å². The number of aryl methyl sites for hydroxylation is 2. The third-order valence-corrected chi connectivity index (χ3v) is 3.37. The molecule has 0 amide bonds. The molecule has 0 aromatic carbocycles. The Morgan fingerprint density at radius 2 is 2.10 bits per heavy atom. The Labute approximate surface area is 121 Å². The zero-order chi connectivity index (χ0) is 15.6. The van der Waals surface area contributed by atoms with Crippen LogP contribution in [0.4, 0.5) is 0 Å². The van der Waals surface area contributed by atoms with E-state index in [4.69, 9.17) is 10.5 Å². The zero-order valence-corrected chi connectivity index (χ0v) is 12.5. The molecule has 0 aliphatic rings. The van der Waals surface area contributed by atoms with Crippen molar-refractivity contribution in [2.45, 2.75) is 39.4 Å². The molecule has 116 valence electrons. The van der Waals surface area contributed by atoms with E-state index in [0.29, 0.717) is 43.1 Å². The van der Waals surface area contributed by atoms with Gasteiger partial charge in [-0.1, -0.05) is 0 Å². The predicted molar refractivity (Wildman–Crippen MR) is 79.4 cm³/mol. The minimum atomic E-state index is -0.458. The summed E-state index contributed by atoms with van der Waals surface area (Å²) in [4.78, 5) is 30.9. The van der Waals surface area contributed by atoms with Gasteiger partial charge in [0.25, 0.3) is 5.56 Å². The van der Waals surface area contributed by atoms with Crippen LogP contribution in [0.3, 0.4) is 0 Å². The standard InChI is InChI=1S/C13H21N5O3/c1-4-17-9-11(15-10(17)8(2)14)18(6-5-7-21-3)13(20)16-12(9)19/h8H,4-7,14H2,1-3H3,(H,16,19,20). The van der Waals surface area contributed by atoms with Crippen LogP contribution >= 0.6 is 0 Å². The van der Waals surface area contributed by atoms with Crippen molar-refractivity contribution in [3.05, 3.63) is 26.7 Å². The van der Waals surface area contributed by atoms with E-state index in [-0.39, 0.29) is 6.04 Å². The Bertz CT molecular complexity index is 741. The number of rotatable bonds is 6. The number of fused-ring (bicyclic) bond motifs is 1. The minimum Gasteiger partial charge on any atom is -0.385 e. The highest BCUT2D eigenvalue weighted by Gasteiger charge is 2.19. The van der Waals surface area contributed by atoms with Crippen molar-refractivity contribution in [1.29, 1.82) is 0 Å². The molecule has 0 bridgehead atoms. The normalized spacial score (nSPS) is 13.0. The first-order chi connectivity index (χ1) is 10.0. The fourth-order valence-corrected chi connectivity index (χ4v) is 2.43. The Morgan fingerprint density at radius 1 is 1.38 bits per heavy atom. The van der Waals surface area contributed by atoms with Crippen molar-refractivity contribution < 1.29 is 4.74 Å². The van der Waals surface area contributed by atoms with Gasteiger partial charge in [0, 0.05) is 26.8 Å². The summed E-state index contributed by atoms with van der Waals surface area (Å²) >= 11 is 0. The van der Waals surface area contributed by atoms with Gasteiger partial charge in [-0.25, -0.2) is 9.78 Å². The summed E-state index contributed by atoms with van der Waals surface area (Å²) in [6, 6.07) is -0.320. The van der Waals surface area contributed by atoms with Crippen LogP contribution in [0, 0.1) is 0 Å². The number of nitrogens with zero attached hydrogens (tertiary/aromatic N) is 3. The van der Waals surface area contributed by atoms with E-state index in [0.717, 1.165) is 0 Å². The van der Waals surface area contributed by atoms with Crippen molar-refractivity contribution in [1.82, 2.24) is 19.1 Å². The average molecular weight is 295 g/mol. The Hall–Kier alpha value is -1.93. The maximum absolute atomic E-state index is 12.1. The van der Waals surface area contributed by atoms with Crippen LogP contribution in [0.1, 0.15) is 32.1 Å². The van der Waals surface area contributed by atoms with Gasteiger partial charge in [-0.05, 0) is 20.3 Å². The molecule has 0 radical (unpaired) electrons. The molecular weight excluding hydrogens is 274 g/mol. The molecule has 0 saturated heterocycles. The topological polar surface area (TPSA) is 108 Å². The highest BCUT2D eigenvalue weighted by Crippen LogP contribution is 2.16. The summed E-state index contributed by atoms with van der Waals surface area (Å²) in [5.41, 5.74) is 5.80. The van der Waals surface area contributed by atoms with Crippen LogP contribution in [0.15, 0.2) is 9.59 Å². The first kappa shape index (κ1) is 15.5. The quantitative estimate of drug-likeness (QED) is 0.727. The molecule has 0 aliphatic heterocycles. The van der Waals surface area contributed by atoms with Gasteiger partial charge in [-0.2, -0.15) is 0 Å². The predicted octanol–water partition coefficient (Wildman–Crippen LogP) is -0.0376. The van der Waals surface area contributed by atoms with E-state index in [1.54, 1.807) is 18.6 Å². The SMILES string of the molecule is CCn1c(C(C)N)nc2c1c(=O)[nH]c(=O)n2CCCOC. The highest BCUT2D eigenvalue weighted by molar-refractivity contribution is 5.71. The summed E-state index contributed by atoms with van der Waals surface area (Å²) in [6.07, 6.45) is 0.657. The molecule has 0 saturated carbocycles. The molecule has 0 fully saturated rings. The lowest BCUT2D eigenvalue weighted by Gasteiger charge is -2.08. The number of hydrogen-bond acceptors (Lipinski definition) is 5. The van der Waals surface area contributed by atoms with E-state index < -0.39 is 11.2 Å². The van der Waals surface area contributed by atoms with E-state index in [9.17, 15) is 9.59 Å². The molecule has 0 spiro atoms. The van der Waals surface area contributed by atoms with Gasteiger partial charge in [0.1, 0.15) is 5.82 Å². The fraction of sp³-hybridized carbons (Fsp3) is 0.615. The summed E-state index contributed by atoms with van der Waals surface area (Å²) in [5.74, 6) is 0.601. The largest absolute Gasteiger partial charge is 0.385 e. The molecule has 1 unspecified atom stereocenters. The molecular formula is C13H21N5O3. The number of aromatic nitrogens is 4. The van der Waals surface area contributed by atoms with E-state index in [2.05, 4.69) is 9.97 Å². The van der Waals surface area contributed by atoms with Gasteiger partial charge in [-0.3, -0.25) is 14.3 Å². The number of nitrogens with two attached hydrogens (primary N) is 1. The first-order valence-electron chi connectivity index (χ1n) is 6.99. The van der Waals surface area contributed by atoms with Gasteiger partial charge in [-0.15, -0.1) is 0 Å². The number of aromatic amines is 1. The number of imidazole rings is 1. The monoisotopic (exact) mass is 295 g/mol. The number of ether oxygens (including phenoxy) is 1. The Kier molecular flexibility index (Phi) is 4.59. The van der Waals surface area contributed by atoms with Crippen LogP contribution in [-0.4, -0.2) is 32.8 Å². The van der Waals surface area contributed by atoms with Gasteiger partial charge >= 0.3 is 5.69 Å². The van der Waals surface area contributed by atoms with E-state index in [1.807, 2.05) is 6.92 Å². The molecule has 2 rings (SSSR count). The first-order valence-corrected chi connectivity index (χ1v) is 6.99. The maximum Gasteiger partial charge on any atom is 0.330 e. The van der Waals surface area contributed by atoms with E-state index >= 15 is 0 Å². The molecule has 0 aliphatic carbocycles. The number of methoxy groups -OCH3 is 1. The lowest BCUT2D eigenvalue weighted by atomic mass is 10.3. The zero-order valence-electron chi connectivity index (χ0n) is 12.5. The fourth-order valence-electron chi connectivity index (χ4n) is 2.43. The smallest absolute Gasteiger partial charge is 0.330 e. The van der Waals surface area contributed by atoms with Crippen LogP contribution in [0.5, 0.6) is 0 Å². The molecule has 2 aromatic heterocycles. The van der Waals surface area contributed by atoms with Crippen LogP contribution in [0.2, 0.25) is 0 Å². The summed E-state index contributed by atoms with van der Waals surface area (Å²) in [7, 11) is 1.60. The van der Waals surface area contributed by atoms with Crippen molar-refractivity contribution >= 4 is 11.2 Å². The Balaban J connectivity index is 2.69. The number of H-pyrrole nitrogens is 1. The molecule has 8 nitrogen and oxygen atoms in total. The molecule has 2 heterocycles. The number of hydrogen-bond donors (Lipinski definition) is 2. The third kappa shape index (κ3) is 2.77. The molecule has 21 heavy (non-hydrogen) atoms. The van der Waals surface area contributed by atoms with Gasteiger partial charge < -0.3 is 15.0 Å². The maximum atomic E-state index is 12.1. The van der Waals surface area contributed by atoms with Gasteiger partial charge in [0.15, 0.2) is 11.2 Å². The van der Waals surface area contributed by atoms with Gasteiger partial charge in [0.05, 0.1) is 6.04 Å². The highest BCUT2D eigenvalue weighted by atomic mass is 16.5. The third-order valence-electron chi connectivity index (χ3n) is 3.37. The van der Waals surface area contributed by atoms with Crippen molar-refractivity contribution in [2.75, 3.05) is 13.7 Å².